The molecule has 5 aromatic rings. The molecule has 1 atom stereocenters. The number of carbonyl (C=O) groups excluding carboxylic acids is 1. The van der Waals surface area contributed by atoms with E-state index >= 15 is 0 Å². The lowest BCUT2D eigenvalue weighted by Crippen LogP contribution is -2.38. The third-order valence-electron chi connectivity index (χ3n) is 6.65. The number of hydrogen-bond donors (Lipinski definition) is 1. The number of hydrogen-bond acceptors (Lipinski definition) is 6. The highest BCUT2D eigenvalue weighted by Gasteiger charge is 2.31. The number of pyridine rings is 1. The summed E-state index contributed by atoms with van der Waals surface area (Å²) in [6, 6.07) is 22.9. The number of ether oxygens (including phenoxy) is 1. The lowest BCUT2D eigenvalue weighted by Gasteiger charge is -2.31. The molecule has 42 heavy (non-hydrogen) atoms. The molecule has 0 aliphatic rings. The topological polar surface area (TPSA) is 97.5 Å². The van der Waals surface area contributed by atoms with Crippen LogP contribution in [0.1, 0.15) is 29.9 Å². The minimum atomic E-state index is -4.83. The Labute approximate surface area is 238 Å². The Kier molecular flexibility index (Phi) is 7.92. The molecule has 5 rings (SSSR count). The third kappa shape index (κ3) is 6.41. The molecule has 0 saturated heterocycles. The van der Waals surface area contributed by atoms with E-state index in [0.717, 1.165) is 17.7 Å². The minimum absolute atomic E-state index is 0.0179. The number of fused-ring (bicyclic) bond motifs is 1. The Hall–Kier alpha value is -5.19. The van der Waals surface area contributed by atoms with Crippen LogP contribution in [0, 0.1) is 0 Å². The number of alkyl halides is 3. The van der Waals surface area contributed by atoms with Crippen LogP contribution in [-0.2, 0) is 17.8 Å². The number of benzene rings is 3. The molecule has 0 unspecified atom stereocenters. The van der Waals surface area contributed by atoms with Gasteiger partial charge in [0.25, 0.3) is 5.56 Å². The van der Waals surface area contributed by atoms with Gasteiger partial charge in [-0.05, 0) is 66.6 Å². The standard InChI is InChI=1S/C31H25F3N4O4/c1-20(29-36-28-26(8-5-17-35-28)30(41)38(29)23-11-13-24(39)14-12-23)37(19-22-6-3-2-4-7-22)27(40)18-21-9-15-25(16-10-21)42-31(32,33)34/h2-17,20,39H,18-19H2,1H3/t20-/m1/s1. The molecule has 0 aliphatic carbocycles. The maximum Gasteiger partial charge on any atom is 0.573 e. The number of halogens is 3. The van der Waals surface area contributed by atoms with Gasteiger partial charge in [-0.3, -0.25) is 14.2 Å². The average Bonchev–Trinajstić information content (AvgIpc) is 2.97. The molecule has 2 heterocycles. The highest BCUT2D eigenvalue weighted by atomic mass is 19.4. The molecule has 3 aromatic carbocycles. The lowest BCUT2D eigenvalue weighted by molar-refractivity contribution is -0.274. The summed E-state index contributed by atoms with van der Waals surface area (Å²) in [7, 11) is 0. The number of rotatable bonds is 8. The fraction of sp³-hybridized carbons (Fsp3) is 0.161. The van der Waals surface area contributed by atoms with E-state index in [1.165, 1.54) is 35.0 Å². The molecule has 0 aliphatic heterocycles. The van der Waals surface area contributed by atoms with E-state index in [9.17, 15) is 27.9 Å². The highest BCUT2D eigenvalue weighted by Crippen LogP contribution is 2.27. The van der Waals surface area contributed by atoms with Gasteiger partial charge in [0.2, 0.25) is 5.91 Å². The fourth-order valence-electron chi connectivity index (χ4n) is 4.61. The van der Waals surface area contributed by atoms with E-state index in [2.05, 4.69) is 9.72 Å². The van der Waals surface area contributed by atoms with Crippen molar-refractivity contribution in [3.8, 4) is 17.2 Å². The van der Waals surface area contributed by atoms with Gasteiger partial charge in [-0.15, -0.1) is 13.2 Å². The SMILES string of the molecule is C[C@H](c1nc2ncccc2c(=O)n1-c1ccc(O)cc1)N(Cc1ccccc1)C(=O)Cc1ccc(OC(F)(F)F)cc1. The third-order valence-corrected chi connectivity index (χ3v) is 6.65. The van der Waals surface area contributed by atoms with Gasteiger partial charge in [0.15, 0.2) is 5.65 Å². The van der Waals surface area contributed by atoms with Crippen LogP contribution >= 0.6 is 0 Å². The number of carbonyl (C=O) groups is 1. The quantitative estimate of drug-likeness (QED) is 0.255. The van der Waals surface area contributed by atoms with E-state index in [1.807, 2.05) is 30.3 Å². The number of aromatic hydroxyl groups is 1. The summed E-state index contributed by atoms with van der Waals surface area (Å²) in [6.45, 7) is 1.91. The second-order valence-electron chi connectivity index (χ2n) is 9.55. The molecule has 0 saturated carbocycles. The summed E-state index contributed by atoms with van der Waals surface area (Å²) >= 11 is 0. The normalized spacial score (nSPS) is 12.2. The average molecular weight is 575 g/mol. The molecule has 0 spiro atoms. The summed E-state index contributed by atoms with van der Waals surface area (Å²) in [4.78, 5) is 38.1. The Balaban J connectivity index is 1.56. The van der Waals surface area contributed by atoms with Crippen molar-refractivity contribution in [2.45, 2.75) is 32.3 Å². The molecule has 214 valence electrons. The first-order chi connectivity index (χ1) is 20.1. The fourth-order valence-corrected chi connectivity index (χ4v) is 4.61. The molecule has 0 fully saturated rings. The van der Waals surface area contributed by atoms with Gasteiger partial charge in [-0.2, -0.15) is 0 Å². The molecule has 8 nitrogen and oxygen atoms in total. The Morgan fingerprint density at radius 2 is 1.64 bits per heavy atom. The van der Waals surface area contributed by atoms with Crippen LogP contribution in [0.4, 0.5) is 13.2 Å². The minimum Gasteiger partial charge on any atom is -0.508 e. The van der Waals surface area contributed by atoms with Crippen molar-refractivity contribution in [3.05, 3.63) is 124 Å². The largest absolute Gasteiger partial charge is 0.573 e. The Morgan fingerprint density at radius 1 is 0.952 bits per heavy atom. The zero-order valence-electron chi connectivity index (χ0n) is 22.3. The smallest absolute Gasteiger partial charge is 0.508 e. The zero-order valence-corrected chi connectivity index (χ0v) is 22.3. The lowest BCUT2D eigenvalue weighted by atomic mass is 10.1. The van der Waals surface area contributed by atoms with Gasteiger partial charge in [-0.1, -0.05) is 42.5 Å². The summed E-state index contributed by atoms with van der Waals surface area (Å²) in [5.41, 5.74) is 1.55. The van der Waals surface area contributed by atoms with Crippen LogP contribution < -0.4 is 10.3 Å². The Morgan fingerprint density at radius 3 is 2.31 bits per heavy atom. The second kappa shape index (κ2) is 11.7. The predicted octanol–water partition coefficient (Wildman–Crippen LogP) is 5.72. The van der Waals surface area contributed by atoms with Crippen LogP contribution in [-0.4, -0.2) is 36.8 Å². The molecule has 0 radical (unpaired) electrons. The first kappa shape index (κ1) is 28.3. The monoisotopic (exact) mass is 574 g/mol. The maximum atomic E-state index is 13.8. The van der Waals surface area contributed by atoms with Gasteiger partial charge in [-0.25, -0.2) is 9.97 Å². The van der Waals surface area contributed by atoms with Crippen LogP contribution in [0.3, 0.4) is 0 Å². The summed E-state index contributed by atoms with van der Waals surface area (Å²) in [5, 5.41) is 10.1. The van der Waals surface area contributed by atoms with Crippen molar-refractivity contribution >= 4 is 16.9 Å². The number of nitrogens with zero attached hydrogens (tertiary/aromatic N) is 4. The van der Waals surface area contributed by atoms with Gasteiger partial charge in [0, 0.05) is 12.7 Å². The molecular weight excluding hydrogens is 549 g/mol. The van der Waals surface area contributed by atoms with Crippen molar-refractivity contribution < 1.29 is 27.8 Å². The summed E-state index contributed by atoms with van der Waals surface area (Å²) in [6.07, 6.45) is -3.43. The van der Waals surface area contributed by atoms with Crippen LogP contribution in [0.25, 0.3) is 16.7 Å². The van der Waals surface area contributed by atoms with Gasteiger partial charge in [0.1, 0.15) is 17.3 Å². The van der Waals surface area contributed by atoms with Gasteiger partial charge >= 0.3 is 6.36 Å². The van der Waals surface area contributed by atoms with E-state index in [0.29, 0.717) is 11.3 Å². The molecule has 2 aromatic heterocycles. The maximum absolute atomic E-state index is 13.8. The van der Waals surface area contributed by atoms with E-state index in [-0.39, 0.29) is 47.2 Å². The van der Waals surface area contributed by atoms with Crippen molar-refractivity contribution in [2.24, 2.45) is 0 Å². The van der Waals surface area contributed by atoms with Crippen molar-refractivity contribution in [2.75, 3.05) is 0 Å². The van der Waals surface area contributed by atoms with Crippen LogP contribution in [0.5, 0.6) is 11.5 Å². The first-order valence-electron chi connectivity index (χ1n) is 12.9. The molecule has 11 heteroatoms. The van der Waals surface area contributed by atoms with E-state index in [4.69, 9.17) is 4.98 Å². The van der Waals surface area contributed by atoms with Crippen LogP contribution in [0.2, 0.25) is 0 Å². The van der Waals surface area contributed by atoms with Crippen molar-refractivity contribution in [1.82, 2.24) is 19.4 Å². The summed E-state index contributed by atoms with van der Waals surface area (Å²) < 4.78 is 43.1. The van der Waals surface area contributed by atoms with Crippen molar-refractivity contribution in [3.63, 3.8) is 0 Å². The summed E-state index contributed by atoms with van der Waals surface area (Å²) in [5.74, 6) is -0.470. The van der Waals surface area contributed by atoms with E-state index in [1.54, 1.807) is 36.1 Å². The number of amides is 1. The molecule has 0 bridgehead atoms. The predicted molar refractivity (Wildman–Crippen MR) is 149 cm³/mol. The molecule has 1 N–H and O–H groups in total. The number of phenolic OH excluding ortho intramolecular Hbond substituents is 1. The van der Waals surface area contributed by atoms with Gasteiger partial charge < -0.3 is 14.7 Å². The van der Waals surface area contributed by atoms with E-state index < -0.39 is 18.0 Å². The molecular formula is C31H25F3N4O4. The molecule has 1 amide bonds. The Bertz CT molecular complexity index is 1760. The zero-order chi connectivity index (χ0) is 29.9. The number of aromatic nitrogens is 3. The number of phenols is 1. The second-order valence-corrected chi connectivity index (χ2v) is 9.55. The van der Waals surface area contributed by atoms with Crippen molar-refractivity contribution in [1.29, 1.82) is 0 Å². The highest BCUT2D eigenvalue weighted by molar-refractivity contribution is 5.79. The first-order valence-corrected chi connectivity index (χ1v) is 12.9. The van der Waals surface area contributed by atoms with Crippen LogP contribution in [0.15, 0.2) is 102 Å². The van der Waals surface area contributed by atoms with Gasteiger partial charge in [0.05, 0.1) is 23.5 Å².